The van der Waals surface area contributed by atoms with Crippen LogP contribution < -0.4 is 5.32 Å². The van der Waals surface area contributed by atoms with E-state index in [2.05, 4.69) is 5.32 Å². The molecule has 0 saturated heterocycles. The highest BCUT2D eigenvalue weighted by molar-refractivity contribution is 5.95. The smallest absolute Gasteiger partial charge is 0.307 e. The Hall–Kier alpha value is -2.66. The first kappa shape index (κ1) is 17.7. The van der Waals surface area contributed by atoms with Gasteiger partial charge in [0.15, 0.2) is 0 Å². The van der Waals surface area contributed by atoms with Crippen LogP contribution in [-0.2, 0) is 22.6 Å². The fourth-order valence-electron chi connectivity index (χ4n) is 2.40. The van der Waals surface area contributed by atoms with E-state index < -0.39 is 5.97 Å². The first-order valence-electron chi connectivity index (χ1n) is 7.82. The van der Waals surface area contributed by atoms with Gasteiger partial charge in [-0.15, -0.1) is 0 Å². The number of nitrogens with one attached hydrogen (secondary N) is 1. The molecule has 2 aromatic carbocycles. The molecule has 0 aliphatic carbocycles. The number of para-hydroxylation sites is 1. The van der Waals surface area contributed by atoms with Crippen molar-refractivity contribution in [2.24, 2.45) is 0 Å². The summed E-state index contributed by atoms with van der Waals surface area (Å²) in [5.74, 6) is -1.09. The van der Waals surface area contributed by atoms with Gasteiger partial charge in [-0.25, -0.2) is 0 Å². The van der Waals surface area contributed by atoms with Gasteiger partial charge in [0.05, 0.1) is 12.5 Å². The number of benzene rings is 2. The Bertz CT molecular complexity index is 701. The zero-order valence-electron chi connectivity index (χ0n) is 13.9. The second kappa shape index (κ2) is 8.26. The van der Waals surface area contributed by atoms with Crippen molar-refractivity contribution in [3.63, 3.8) is 0 Å². The molecule has 2 aromatic rings. The van der Waals surface area contributed by atoms with Gasteiger partial charge in [0, 0.05) is 12.2 Å². The fraction of sp³-hybridized carbons (Fsp3) is 0.263. The van der Waals surface area contributed by atoms with E-state index in [4.69, 9.17) is 5.11 Å². The van der Waals surface area contributed by atoms with Gasteiger partial charge in [0.25, 0.3) is 0 Å². The number of carboxylic acids is 1. The summed E-state index contributed by atoms with van der Waals surface area (Å²) in [6, 6.07) is 16.6. The molecule has 2 rings (SSSR count). The molecule has 0 heterocycles. The van der Waals surface area contributed by atoms with E-state index in [1.165, 1.54) is 0 Å². The summed E-state index contributed by atoms with van der Waals surface area (Å²) < 4.78 is 0. The van der Waals surface area contributed by atoms with Crippen molar-refractivity contribution in [1.29, 1.82) is 0 Å². The van der Waals surface area contributed by atoms with Crippen molar-refractivity contribution in [2.75, 3.05) is 12.4 Å². The van der Waals surface area contributed by atoms with Gasteiger partial charge >= 0.3 is 5.97 Å². The Kier molecular flexibility index (Phi) is 6.09. The lowest BCUT2D eigenvalue weighted by Gasteiger charge is -2.24. The summed E-state index contributed by atoms with van der Waals surface area (Å²) >= 11 is 0. The number of carboxylic acid groups (broad SMARTS) is 1. The van der Waals surface area contributed by atoms with Crippen LogP contribution in [0.25, 0.3) is 0 Å². The third kappa shape index (κ3) is 4.93. The number of rotatable bonds is 7. The Balaban J connectivity index is 2.02. The summed E-state index contributed by atoms with van der Waals surface area (Å²) in [7, 11) is 1.89. The van der Waals surface area contributed by atoms with E-state index in [0.717, 1.165) is 5.56 Å². The lowest BCUT2D eigenvalue weighted by Crippen LogP contribution is -2.39. The molecule has 1 amide bonds. The SMILES string of the molecule is CC(C(=O)Nc1ccccc1CC(=O)O)N(C)Cc1ccccc1. The average Bonchev–Trinajstić information content (AvgIpc) is 2.56. The summed E-state index contributed by atoms with van der Waals surface area (Å²) in [6.07, 6.45) is -0.120. The number of amides is 1. The maximum absolute atomic E-state index is 12.5. The molecule has 0 fully saturated rings. The summed E-state index contributed by atoms with van der Waals surface area (Å²) in [4.78, 5) is 25.4. The predicted octanol–water partition coefficient (Wildman–Crippen LogP) is 2.77. The monoisotopic (exact) mass is 326 g/mol. The third-order valence-corrected chi connectivity index (χ3v) is 3.93. The molecule has 5 nitrogen and oxygen atoms in total. The maximum atomic E-state index is 12.5. The van der Waals surface area contributed by atoms with Crippen molar-refractivity contribution < 1.29 is 14.7 Å². The Morgan fingerprint density at radius 1 is 1.08 bits per heavy atom. The van der Waals surface area contributed by atoms with Crippen molar-refractivity contribution in [2.45, 2.75) is 25.9 Å². The fourth-order valence-corrected chi connectivity index (χ4v) is 2.40. The van der Waals surface area contributed by atoms with Crippen LogP contribution in [0.4, 0.5) is 5.69 Å². The molecule has 0 spiro atoms. The maximum Gasteiger partial charge on any atom is 0.307 e. The highest BCUT2D eigenvalue weighted by Gasteiger charge is 2.19. The molecule has 24 heavy (non-hydrogen) atoms. The van der Waals surface area contributed by atoms with E-state index in [1.807, 2.05) is 49.2 Å². The first-order valence-corrected chi connectivity index (χ1v) is 7.82. The van der Waals surface area contributed by atoms with Crippen molar-refractivity contribution >= 4 is 17.6 Å². The van der Waals surface area contributed by atoms with Crippen LogP contribution in [0.3, 0.4) is 0 Å². The number of hydrogen-bond donors (Lipinski definition) is 2. The molecule has 5 heteroatoms. The van der Waals surface area contributed by atoms with Crippen molar-refractivity contribution in [3.05, 3.63) is 65.7 Å². The highest BCUT2D eigenvalue weighted by Crippen LogP contribution is 2.17. The Morgan fingerprint density at radius 2 is 1.71 bits per heavy atom. The molecule has 0 aliphatic rings. The number of aliphatic carboxylic acids is 1. The molecule has 1 unspecified atom stereocenters. The van der Waals surface area contributed by atoms with E-state index in [9.17, 15) is 9.59 Å². The van der Waals surface area contributed by atoms with Crippen LogP contribution in [0.2, 0.25) is 0 Å². The quantitative estimate of drug-likeness (QED) is 0.821. The lowest BCUT2D eigenvalue weighted by atomic mass is 10.1. The highest BCUT2D eigenvalue weighted by atomic mass is 16.4. The third-order valence-electron chi connectivity index (χ3n) is 3.93. The molecule has 0 radical (unpaired) electrons. The molecule has 0 bridgehead atoms. The minimum Gasteiger partial charge on any atom is -0.481 e. The zero-order chi connectivity index (χ0) is 17.5. The largest absolute Gasteiger partial charge is 0.481 e. The minimum absolute atomic E-state index is 0.120. The minimum atomic E-state index is -0.925. The Morgan fingerprint density at radius 3 is 2.38 bits per heavy atom. The topological polar surface area (TPSA) is 69.6 Å². The lowest BCUT2D eigenvalue weighted by molar-refractivity contribution is -0.136. The van der Waals surface area contributed by atoms with Crippen molar-refractivity contribution in [1.82, 2.24) is 4.90 Å². The van der Waals surface area contributed by atoms with Gasteiger partial charge in [-0.05, 0) is 31.2 Å². The Labute approximate surface area is 141 Å². The molecule has 0 aliphatic heterocycles. The molecular formula is C19H22N2O3. The van der Waals surface area contributed by atoms with Gasteiger partial charge in [-0.1, -0.05) is 48.5 Å². The van der Waals surface area contributed by atoms with E-state index in [0.29, 0.717) is 17.8 Å². The summed E-state index contributed by atoms with van der Waals surface area (Å²) in [5.41, 5.74) is 2.27. The summed E-state index contributed by atoms with van der Waals surface area (Å²) in [5, 5.41) is 11.8. The second-order valence-electron chi connectivity index (χ2n) is 5.79. The number of carbonyl (C=O) groups is 2. The van der Waals surface area contributed by atoms with Crippen LogP contribution in [-0.4, -0.2) is 35.0 Å². The van der Waals surface area contributed by atoms with E-state index >= 15 is 0 Å². The van der Waals surface area contributed by atoms with Crippen LogP contribution in [0.15, 0.2) is 54.6 Å². The number of likely N-dealkylation sites (N-methyl/N-ethyl adjacent to an activating group) is 1. The molecule has 0 aromatic heterocycles. The summed E-state index contributed by atoms with van der Waals surface area (Å²) in [6.45, 7) is 2.49. The van der Waals surface area contributed by atoms with E-state index in [-0.39, 0.29) is 18.4 Å². The number of anilines is 1. The van der Waals surface area contributed by atoms with Gasteiger partial charge in [0.1, 0.15) is 0 Å². The van der Waals surface area contributed by atoms with E-state index in [1.54, 1.807) is 24.3 Å². The molecule has 1 atom stereocenters. The standard InChI is InChI=1S/C19H22N2O3/c1-14(21(2)13-15-8-4-3-5-9-15)19(24)20-17-11-7-6-10-16(17)12-18(22)23/h3-11,14H,12-13H2,1-2H3,(H,20,24)(H,22,23). The van der Waals surface area contributed by atoms with Crippen LogP contribution >= 0.6 is 0 Å². The predicted molar refractivity (Wildman–Crippen MR) is 93.8 cm³/mol. The van der Waals surface area contributed by atoms with Gasteiger partial charge in [-0.2, -0.15) is 0 Å². The van der Waals surface area contributed by atoms with Crippen LogP contribution in [0.1, 0.15) is 18.1 Å². The van der Waals surface area contributed by atoms with Crippen LogP contribution in [0, 0.1) is 0 Å². The van der Waals surface area contributed by atoms with Gasteiger partial charge < -0.3 is 10.4 Å². The molecular weight excluding hydrogens is 304 g/mol. The number of hydrogen-bond acceptors (Lipinski definition) is 3. The number of nitrogens with zero attached hydrogens (tertiary/aromatic N) is 1. The molecule has 126 valence electrons. The van der Waals surface area contributed by atoms with Crippen LogP contribution in [0.5, 0.6) is 0 Å². The number of carbonyl (C=O) groups excluding carboxylic acids is 1. The first-order chi connectivity index (χ1) is 11.5. The van der Waals surface area contributed by atoms with Crippen molar-refractivity contribution in [3.8, 4) is 0 Å². The van der Waals surface area contributed by atoms with Gasteiger partial charge in [-0.3, -0.25) is 14.5 Å². The normalized spacial score (nSPS) is 12.0. The molecule has 2 N–H and O–H groups in total. The molecule has 0 saturated carbocycles. The average molecular weight is 326 g/mol. The van der Waals surface area contributed by atoms with Gasteiger partial charge in [0.2, 0.25) is 5.91 Å². The zero-order valence-corrected chi connectivity index (χ0v) is 13.9. The second-order valence-corrected chi connectivity index (χ2v) is 5.79.